The van der Waals surface area contributed by atoms with Crippen LogP contribution in [0.25, 0.3) is 6.08 Å². The first-order chi connectivity index (χ1) is 13.5. The third-order valence-corrected chi connectivity index (χ3v) is 4.60. The molecule has 2 N–H and O–H groups in total. The van der Waals surface area contributed by atoms with Crippen molar-refractivity contribution in [3.8, 4) is 11.5 Å². The van der Waals surface area contributed by atoms with Gasteiger partial charge in [0.15, 0.2) is 5.17 Å². The average Bonchev–Trinajstić information content (AvgIpc) is 3.01. The van der Waals surface area contributed by atoms with Gasteiger partial charge >= 0.3 is 5.97 Å². The molecule has 3 rings (SSSR count). The molecule has 0 aromatic heterocycles. The Morgan fingerprint density at radius 2 is 2.00 bits per heavy atom. The summed E-state index contributed by atoms with van der Waals surface area (Å²) in [4.78, 5) is 27.7. The van der Waals surface area contributed by atoms with Crippen molar-refractivity contribution >= 4 is 40.6 Å². The van der Waals surface area contributed by atoms with Crippen LogP contribution < -0.4 is 14.8 Å². The fraction of sp³-hybridized carbons (Fsp3) is 0.150. The van der Waals surface area contributed by atoms with E-state index in [1.807, 2.05) is 6.07 Å². The van der Waals surface area contributed by atoms with Crippen molar-refractivity contribution in [1.29, 1.82) is 0 Å². The molecular weight excluding hydrogens is 380 g/mol. The minimum atomic E-state index is -0.916. The summed E-state index contributed by atoms with van der Waals surface area (Å²) in [5, 5.41) is 11.9. The van der Waals surface area contributed by atoms with Gasteiger partial charge in [-0.25, -0.2) is 4.99 Å². The lowest BCUT2D eigenvalue weighted by Crippen LogP contribution is -2.19. The molecule has 8 heteroatoms. The van der Waals surface area contributed by atoms with Crippen LogP contribution in [-0.4, -0.2) is 35.9 Å². The second-order valence-corrected chi connectivity index (χ2v) is 6.78. The number of hydrogen-bond donors (Lipinski definition) is 2. The number of carbonyl (C=O) groups excluding carboxylic acids is 1. The Labute approximate surface area is 166 Å². The predicted octanol–water partition coefficient (Wildman–Crippen LogP) is 3.44. The Bertz CT molecular complexity index is 938. The first kappa shape index (κ1) is 19.5. The molecule has 28 heavy (non-hydrogen) atoms. The number of carbonyl (C=O) groups is 2. The summed E-state index contributed by atoms with van der Waals surface area (Å²) in [5.41, 5.74) is 1.48. The third-order valence-electron chi connectivity index (χ3n) is 3.69. The topological polar surface area (TPSA) is 97.2 Å². The van der Waals surface area contributed by atoms with Gasteiger partial charge in [0.05, 0.1) is 30.7 Å². The van der Waals surface area contributed by atoms with Crippen molar-refractivity contribution in [3.05, 3.63) is 59.0 Å². The van der Waals surface area contributed by atoms with Crippen LogP contribution in [0.2, 0.25) is 0 Å². The second kappa shape index (κ2) is 9.09. The van der Waals surface area contributed by atoms with Crippen molar-refractivity contribution in [3.63, 3.8) is 0 Å². The van der Waals surface area contributed by atoms with Gasteiger partial charge in [-0.3, -0.25) is 9.59 Å². The van der Waals surface area contributed by atoms with E-state index >= 15 is 0 Å². The zero-order valence-corrected chi connectivity index (χ0v) is 15.9. The Balaban J connectivity index is 1.69. The van der Waals surface area contributed by atoms with Gasteiger partial charge in [0.1, 0.15) is 11.5 Å². The molecule has 1 amide bonds. The normalized spacial score (nSPS) is 16.2. The van der Waals surface area contributed by atoms with Crippen LogP contribution in [0.3, 0.4) is 0 Å². The molecular formula is C20H18N2O5S. The molecule has 2 aromatic carbocycles. The highest BCUT2D eigenvalue weighted by Crippen LogP contribution is 2.29. The van der Waals surface area contributed by atoms with Crippen LogP contribution in [-0.2, 0) is 9.59 Å². The summed E-state index contributed by atoms with van der Waals surface area (Å²) >= 11 is 1.25. The number of methoxy groups -OCH3 is 1. The summed E-state index contributed by atoms with van der Waals surface area (Å²) in [6.07, 6.45) is 1.66. The molecule has 0 atom stereocenters. The Morgan fingerprint density at radius 3 is 2.71 bits per heavy atom. The number of benzene rings is 2. The van der Waals surface area contributed by atoms with E-state index in [9.17, 15) is 9.59 Å². The molecule has 0 spiro atoms. The lowest BCUT2D eigenvalue weighted by Gasteiger charge is -2.05. The van der Waals surface area contributed by atoms with Gasteiger partial charge in [0.25, 0.3) is 5.91 Å². The van der Waals surface area contributed by atoms with Crippen LogP contribution in [0.15, 0.2) is 58.4 Å². The van der Waals surface area contributed by atoms with Crippen LogP contribution in [0.1, 0.15) is 12.0 Å². The minimum Gasteiger partial charge on any atom is -0.497 e. The van der Waals surface area contributed by atoms with Crippen molar-refractivity contribution < 1.29 is 24.2 Å². The third kappa shape index (κ3) is 5.37. The van der Waals surface area contributed by atoms with Gasteiger partial charge in [-0.05, 0) is 59.8 Å². The van der Waals surface area contributed by atoms with Gasteiger partial charge in [0, 0.05) is 0 Å². The molecule has 1 aliphatic rings. The van der Waals surface area contributed by atoms with Gasteiger partial charge in [-0.1, -0.05) is 12.1 Å². The highest BCUT2D eigenvalue weighted by atomic mass is 32.2. The standard InChI is InChI=1S/C20H18N2O5S/c1-26-15-7-5-14(6-8-15)21-20-22-19(25)17(28-20)12-13-3-2-4-16(11-13)27-10-9-18(23)24/h2-8,11-12H,9-10H2,1H3,(H,23,24)(H,21,22,25)/b17-12+. The molecule has 1 aliphatic heterocycles. The van der Waals surface area contributed by atoms with Gasteiger partial charge < -0.3 is 19.9 Å². The predicted molar refractivity (Wildman–Crippen MR) is 108 cm³/mol. The monoisotopic (exact) mass is 398 g/mol. The maximum atomic E-state index is 12.2. The average molecular weight is 398 g/mol. The fourth-order valence-electron chi connectivity index (χ4n) is 2.36. The van der Waals surface area contributed by atoms with Crippen molar-refractivity contribution in [2.45, 2.75) is 6.42 Å². The number of ether oxygens (including phenoxy) is 2. The molecule has 0 radical (unpaired) electrons. The van der Waals surface area contributed by atoms with Crippen LogP contribution in [0, 0.1) is 0 Å². The highest BCUT2D eigenvalue weighted by molar-refractivity contribution is 8.18. The summed E-state index contributed by atoms with van der Waals surface area (Å²) < 4.78 is 10.5. The van der Waals surface area contributed by atoms with E-state index in [4.69, 9.17) is 14.6 Å². The van der Waals surface area contributed by atoms with Gasteiger partial charge in [0.2, 0.25) is 0 Å². The van der Waals surface area contributed by atoms with E-state index < -0.39 is 5.97 Å². The summed E-state index contributed by atoms with van der Waals surface area (Å²) in [6.45, 7) is 0.0866. The highest BCUT2D eigenvalue weighted by Gasteiger charge is 2.23. The molecule has 2 aromatic rings. The number of aliphatic carboxylic acids is 1. The van der Waals surface area contributed by atoms with E-state index in [0.717, 1.165) is 11.3 Å². The first-order valence-electron chi connectivity index (χ1n) is 8.42. The van der Waals surface area contributed by atoms with E-state index in [2.05, 4.69) is 10.3 Å². The number of nitrogens with zero attached hydrogens (tertiary/aromatic N) is 1. The molecule has 0 bridgehead atoms. The van der Waals surface area contributed by atoms with Crippen LogP contribution >= 0.6 is 11.8 Å². The molecule has 1 saturated heterocycles. The lowest BCUT2D eigenvalue weighted by atomic mass is 10.2. The van der Waals surface area contributed by atoms with Crippen molar-refractivity contribution in [2.24, 2.45) is 4.99 Å². The van der Waals surface area contributed by atoms with Crippen LogP contribution in [0.5, 0.6) is 11.5 Å². The maximum absolute atomic E-state index is 12.2. The fourth-order valence-corrected chi connectivity index (χ4v) is 3.20. The van der Waals surface area contributed by atoms with E-state index in [1.165, 1.54) is 11.8 Å². The zero-order valence-electron chi connectivity index (χ0n) is 15.0. The van der Waals surface area contributed by atoms with Crippen molar-refractivity contribution in [1.82, 2.24) is 5.32 Å². The summed E-state index contributed by atoms with van der Waals surface area (Å²) in [5.74, 6) is 0.139. The second-order valence-electron chi connectivity index (χ2n) is 5.74. The van der Waals surface area contributed by atoms with Crippen molar-refractivity contribution in [2.75, 3.05) is 13.7 Å². The lowest BCUT2D eigenvalue weighted by molar-refractivity contribution is -0.137. The van der Waals surface area contributed by atoms with E-state index in [1.54, 1.807) is 55.7 Å². The number of amides is 1. The number of carboxylic acid groups (broad SMARTS) is 1. The number of rotatable bonds is 7. The molecule has 1 heterocycles. The summed E-state index contributed by atoms with van der Waals surface area (Å²) in [6, 6.07) is 14.3. The largest absolute Gasteiger partial charge is 0.497 e. The first-order valence-corrected chi connectivity index (χ1v) is 9.23. The molecule has 7 nitrogen and oxygen atoms in total. The SMILES string of the molecule is COc1ccc(N=C2NC(=O)/C(=C\c3cccc(OCCC(=O)O)c3)S2)cc1. The molecule has 0 saturated carbocycles. The number of nitrogens with one attached hydrogen (secondary N) is 1. The Hall–Kier alpha value is -3.26. The number of thioether (sulfide) groups is 1. The van der Waals surface area contributed by atoms with Gasteiger partial charge in [-0.2, -0.15) is 0 Å². The van der Waals surface area contributed by atoms with Gasteiger partial charge in [-0.15, -0.1) is 0 Å². The molecule has 144 valence electrons. The maximum Gasteiger partial charge on any atom is 0.306 e. The summed E-state index contributed by atoms with van der Waals surface area (Å²) in [7, 11) is 1.59. The zero-order chi connectivity index (χ0) is 19.9. The molecule has 1 fully saturated rings. The number of hydrogen-bond acceptors (Lipinski definition) is 6. The Kier molecular flexibility index (Phi) is 6.33. The van der Waals surface area contributed by atoms with E-state index in [0.29, 0.717) is 21.5 Å². The molecule has 0 aliphatic carbocycles. The molecule has 0 unspecified atom stereocenters. The number of aliphatic imine (C=N–C) groups is 1. The quantitative estimate of drug-likeness (QED) is 0.694. The Morgan fingerprint density at radius 1 is 1.21 bits per heavy atom. The minimum absolute atomic E-state index is 0.0746. The number of amidine groups is 1. The number of carboxylic acids is 1. The van der Waals surface area contributed by atoms with E-state index in [-0.39, 0.29) is 18.9 Å². The van der Waals surface area contributed by atoms with Crippen LogP contribution in [0.4, 0.5) is 5.69 Å². The smallest absolute Gasteiger partial charge is 0.306 e.